The van der Waals surface area contributed by atoms with E-state index in [1.54, 1.807) is 22.7 Å². The number of ether oxygens (including phenoxy) is 5. The number of morpholine rings is 1. The minimum absolute atomic E-state index is 0.0910. The summed E-state index contributed by atoms with van der Waals surface area (Å²) >= 11 is 1.55. The number of thioether (sulfide) groups is 1. The molecule has 42 heavy (non-hydrogen) atoms. The molecule has 3 aliphatic heterocycles. The molecule has 2 aromatic carbocycles. The maximum atomic E-state index is 15.2. The SMILES string of the molecule is COCC1COC[C@H]2Nn3c(-c4ccc(F)c5c4Cc4ccccc4SC5)cc(=O)c(OCOC(=O)OC)c3C(=O)N12. The van der Waals surface area contributed by atoms with Crippen LogP contribution < -0.4 is 15.6 Å². The van der Waals surface area contributed by atoms with Gasteiger partial charge in [-0.15, -0.1) is 11.8 Å². The van der Waals surface area contributed by atoms with Crippen LogP contribution in [0.1, 0.15) is 27.2 Å². The molecule has 1 fully saturated rings. The van der Waals surface area contributed by atoms with Gasteiger partial charge in [-0.3, -0.25) is 9.59 Å². The summed E-state index contributed by atoms with van der Waals surface area (Å²) in [5.41, 5.74) is 5.85. The van der Waals surface area contributed by atoms with Gasteiger partial charge in [0.2, 0.25) is 18.0 Å². The molecule has 3 aliphatic rings. The molecule has 0 aliphatic carbocycles. The van der Waals surface area contributed by atoms with Crippen molar-refractivity contribution in [1.82, 2.24) is 9.58 Å². The molecule has 0 saturated carbocycles. The zero-order chi connectivity index (χ0) is 29.4. The molecular formula is C29H28FN3O8S. The number of amides is 1. The molecule has 0 spiro atoms. The highest BCUT2D eigenvalue weighted by molar-refractivity contribution is 7.98. The molecule has 3 aromatic rings. The van der Waals surface area contributed by atoms with Crippen molar-refractivity contribution in [2.24, 2.45) is 0 Å². The molecule has 6 rings (SSSR count). The number of aromatic nitrogens is 1. The maximum Gasteiger partial charge on any atom is 0.510 e. The average molecular weight is 598 g/mol. The van der Waals surface area contributed by atoms with Gasteiger partial charge < -0.3 is 34.0 Å². The largest absolute Gasteiger partial charge is 0.510 e. The third-order valence-electron chi connectivity index (χ3n) is 7.47. The predicted molar refractivity (Wildman–Crippen MR) is 150 cm³/mol. The van der Waals surface area contributed by atoms with Crippen molar-refractivity contribution < 1.29 is 37.7 Å². The van der Waals surface area contributed by atoms with Crippen molar-refractivity contribution in [1.29, 1.82) is 0 Å². The quantitative estimate of drug-likeness (QED) is 0.335. The van der Waals surface area contributed by atoms with Crippen LogP contribution in [-0.4, -0.2) is 74.7 Å². The van der Waals surface area contributed by atoms with Gasteiger partial charge >= 0.3 is 6.16 Å². The summed E-state index contributed by atoms with van der Waals surface area (Å²) in [6.45, 7) is -0.0242. The Morgan fingerprint density at radius 2 is 1.98 bits per heavy atom. The molecule has 0 bridgehead atoms. The number of nitrogens with one attached hydrogen (secondary N) is 1. The van der Waals surface area contributed by atoms with Gasteiger partial charge in [0.05, 0.1) is 38.7 Å². The van der Waals surface area contributed by atoms with Gasteiger partial charge in [0.1, 0.15) is 12.0 Å². The molecule has 1 unspecified atom stereocenters. The van der Waals surface area contributed by atoms with E-state index in [1.807, 2.05) is 24.3 Å². The number of nitrogens with zero attached hydrogens (tertiary/aromatic N) is 2. The van der Waals surface area contributed by atoms with Gasteiger partial charge in [-0.2, -0.15) is 0 Å². The summed E-state index contributed by atoms with van der Waals surface area (Å²) in [7, 11) is 2.66. The number of methoxy groups -OCH3 is 2. The summed E-state index contributed by atoms with van der Waals surface area (Å²) in [5, 5.41) is 0. The topological polar surface area (TPSA) is 118 Å². The Bertz CT molecular complexity index is 1610. The van der Waals surface area contributed by atoms with Crippen molar-refractivity contribution in [3.8, 4) is 17.0 Å². The maximum absolute atomic E-state index is 15.2. The van der Waals surface area contributed by atoms with E-state index in [2.05, 4.69) is 10.2 Å². The van der Waals surface area contributed by atoms with Crippen molar-refractivity contribution in [3.63, 3.8) is 0 Å². The summed E-state index contributed by atoms with van der Waals surface area (Å²) in [4.78, 5) is 41.9. The Kier molecular flexibility index (Phi) is 7.80. The van der Waals surface area contributed by atoms with Crippen LogP contribution in [0.5, 0.6) is 5.75 Å². The van der Waals surface area contributed by atoms with E-state index in [0.29, 0.717) is 29.0 Å². The Morgan fingerprint density at radius 1 is 1.14 bits per heavy atom. The van der Waals surface area contributed by atoms with E-state index in [1.165, 1.54) is 23.9 Å². The van der Waals surface area contributed by atoms with Gasteiger partial charge in [0, 0.05) is 35.0 Å². The molecule has 1 N–H and O–H groups in total. The minimum atomic E-state index is -1.01. The summed E-state index contributed by atoms with van der Waals surface area (Å²) in [6, 6.07) is 11.8. The summed E-state index contributed by atoms with van der Waals surface area (Å²) in [5.74, 6) is -0.737. The Hall–Kier alpha value is -4.07. The zero-order valence-corrected chi connectivity index (χ0v) is 23.7. The Balaban J connectivity index is 1.52. The molecule has 4 heterocycles. The first-order valence-electron chi connectivity index (χ1n) is 13.2. The van der Waals surface area contributed by atoms with Crippen LogP contribution in [0.25, 0.3) is 11.3 Å². The number of pyridine rings is 1. The first kappa shape index (κ1) is 28.1. The summed E-state index contributed by atoms with van der Waals surface area (Å²) in [6.07, 6.45) is -1.16. The molecule has 220 valence electrons. The molecule has 1 aromatic heterocycles. The third kappa shape index (κ3) is 4.97. The minimum Gasteiger partial charge on any atom is -0.451 e. The van der Waals surface area contributed by atoms with Crippen molar-refractivity contribution in [2.75, 3.05) is 46.3 Å². The van der Waals surface area contributed by atoms with E-state index < -0.39 is 36.5 Å². The third-order valence-corrected chi connectivity index (χ3v) is 8.61. The number of carbonyl (C=O) groups is 2. The smallest absolute Gasteiger partial charge is 0.451 e. The fourth-order valence-corrected chi connectivity index (χ4v) is 6.69. The number of benzene rings is 2. The average Bonchev–Trinajstić information content (AvgIpc) is 3.19. The van der Waals surface area contributed by atoms with Crippen molar-refractivity contribution in [2.45, 2.75) is 29.3 Å². The van der Waals surface area contributed by atoms with Gasteiger partial charge in [0.15, 0.2) is 5.69 Å². The fourth-order valence-electron chi connectivity index (χ4n) is 5.58. The van der Waals surface area contributed by atoms with Crippen LogP contribution in [0.3, 0.4) is 0 Å². The Morgan fingerprint density at radius 3 is 2.79 bits per heavy atom. The lowest BCUT2D eigenvalue weighted by molar-refractivity contribution is -0.0559. The van der Waals surface area contributed by atoms with Crippen LogP contribution in [0.15, 0.2) is 52.2 Å². The van der Waals surface area contributed by atoms with E-state index in [4.69, 9.17) is 18.9 Å². The van der Waals surface area contributed by atoms with E-state index in [-0.39, 0.29) is 37.1 Å². The predicted octanol–water partition coefficient (Wildman–Crippen LogP) is 3.34. The molecule has 1 amide bonds. The second-order valence-electron chi connectivity index (χ2n) is 9.90. The van der Waals surface area contributed by atoms with Gasteiger partial charge in [-0.05, 0) is 35.7 Å². The lowest BCUT2D eigenvalue weighted by Crippen LogP contribution is -2.64. The molecule has 11 nitrogen and oxygen atoms in total. The lowest BCUT2D eigenvalue weighted by atomic mass is 9.92. The number of rotatable bonds is 6. The fraction of sp³-hybridized carbons (Fsp3) is 0.345. The van der Waals surface area contributed by atoms with Crippen LogP contribution in [0.4, 0.5) is 9.18 Å². The highest BCUT2D eigenvalue weighted by Crippen LogP contribution is 2.40. The number of hydrogen-bond donors (Lipinski definition) is 1. The van der Waals surface area contributed by atoms with Gasteiger partial charge in [0.25, 0.3) is 5.91 Å². The van der Waals surface area contributed by atoms with Gasteiger partial charge in [-0.25, -0.2) is 13.9 Å². The van der Waals surface area contributed by atoms with E-state index in [0.717, 1.165) is 23.1 Å². The van der Waals surface area contributed by atoms with Crippen molar-refractivity contribution in [3.05, 3.63) is 80.9 Å². The van der Waals surface area contributed by atoms with Crippen LogP contribution in [0.2, 0.25) is 0 Å². The normalized spacial score (nSPS) is 18.9. The van der Waals surface area contributed by atoms with Gasteiger partial charge in [-0.1, -0.05) is 18.2 Å². The zero-order valence-electron chi connectivity index (χ0n) is 22.9. The highest BCUT2D eigenvalue weighted by atomic mass is 32.2. The second-order valence-corrected chi connectivity index (χ2v) is 10.9. The van der Waals surface area contributed by atoms with Crippen LogP contribution in [-0.2, 0) is 31.1 Å². The molecular weight excluding hydrogens is 569 g/mol. The van der Waals surface area contributed by atoms with E-state index >= 15 is 4.39 Å². The molecule has 13 heteroatoms. The van der Waals surface area contributed by atoms with E-state index in [9.17, 15) is 14.4 Å². The molecule has 1 saturated heterocycles. The Labute approximate surface area is 244 Å². The first-order chi connectivity index (χ1) is 20.4. The molecule has 0 radical (unpaired) electrons. The number of halogens is 1. The summed E-state index contributed by atoms with van der Waals surface area (Å²) < 4.78 is 42.7. The van der Waals surface area contributed by atoms with Crippen LogP contribution >= 0.6 is 11.8 Å². The van der Waals surface area contributed by atoms with Crippen LogP contribution in [0, 0.1) is 5.82 Å². The highest BCUT2D eigenvalue weighted by Gasteiger charge is 2.43. The standard InChI is InChI=1S/C29H28FN3O8S/c1-37-11-17-12-39-13-25-31-33-22(10-23(34)27(26(33)28(35)32(17)25)40-15-41-29(36)38-2)18-7-8-21(30)20-14-42-24-6-4-3-5-16(24)9-19(18)20/h3-8,10,17,25,31H,9,11-15H2,1-2H3/t17?,25-/m0/s1. The molecule has 2 atom stereocenters. The van der Waals surface area contributed by atoms with Crippen molar-refractivity contribution >= 4 is 23.8 Å². The second kappa shape index (κ2) is 11.7. The monoisotopic (exact) mass is 597 g/mol. The first-order valence-corrected chi connectivity index (χ1v) is 14.2. The number of fused-ring (bicyclic) bond motifs is 4. The number of hydrogen-bond acceptors (Lipinski definition) is 10. The number of carbonyl (C=O) groups excluding carboxylic acids is 2. The lowest BCUT2D eigenvalue weighted by Gasteiger charge is -2.46.